The maximum atomic E-state index is 12.4. The maximum absolute atomic E-state index is 12.4. The van der Waals surface area contributed by atoms with E-state index >= 15 is 0 Å². The van der Waals surface area contributed by atoms with Crippen LogP contribution in [0.15, 0.2) is 35.7 Å². The SMILES string of the molecule is CC(I)C(C)NC1=C(N)C(=O)c2ccccc2C1=O. The summed E-state index contributed by atoms with van der Waals surface area (Å²) < 4.78 is 0.304. The number of nitrogens with one attached hydrogen (secondary N) is 1. The molecule has 19 heavy (non-hydrogen) atoms. The Kier molecular flexibility index (Phi) is 3.93. The highest BCUT2D eigenvalue weighted by molar-refractivity contribution is 14.1. The second kappa shape index (κ2) is 5.32. The van der Waals surface area contributed by atoms with Gasteiger partial charge in [0.15, 0.2) is 0 Å². The van der Waals surface area contributed by atoms with Crippen molar-refractivity contribution >= 4 is 34.2 Å². The largest absolute Gasteiger partial charge is 0.394 e. The number of rotatable bonds is 3. The Bertz CT molecular complexity index is 579. The minimum absolute atomic E-state index is 0.00704. The van der Waals surface area contributed by atoms with E-state index in [2.05, 4.69) is 27.9 Å². The topological polar surface area (TPSA) is 72.2 Å². The summed E-state index contributed by atoms with van der Waals surface area (Å²) in [5.41, 5.74) is 6.84. The number of ketones is 2. The molecule has 1 aromatic rings. The van der Waals surface area contributed by atoms with Crippen LogP contribution in [0.3, 0.4) is 0 Å². The zero-order valence-electron chi connectivity index (χ0n) is 10.7. The van der Waals surface area contributed by atoms with Crippen LogP contribution in [0.4, 0.5) is 0 Å². The van der Waals surface area contributed by atoms with Crippen LogP contribution in [0.25, 0.3) is 0 Å². The fourth-order valence-corrected chi connectivity index (χ4v) is 2.06. The van der Waals surface area contributed by atoms with Gasteiger partial charge in [0, 0.05) is 21.1 Å². The molecule has 2 atom stereocenters. The summed E-state index contributed by atoms with van der Waals surface area (Å²) in [5, 5.41) is 3.07. The molecular formula is C14H15IN2O2. The first-order valence-electron chi connectivity index (χ1n) is 6.02. The summed E-state index contributed by atoms with van der Waals surface area (Å²) in [4.78, 5) is 24.5. The Morgan fingerprint density at radius 3 is 2.16 bits per heavy atom. The van der Waals surface area contributed by atoms with Gasteiger partial charge in [-0.2, -0.15) is 0 Å². The molecule has 0 saturated carbocycles. The van der Waals surface area contributed by atoms with Crippen LogP contribution in [0, 0.1) is 0 Å². The quantitative estimate of drug-likeness (QED) is 0.631. The number of Topliss-reactive ketones (excluding diaryl/α,β-unsaturated/α-hetero) is 2. The van der Waals surface area contributed by atoms with Gasteiger partial charge in [0.2, 0.25) is 11.6 Å². The number of nitrogens with two attached hydrogens (primary N) is 1. The summed E-state index contributed by atoms with van der Waals surface area (Å²) in [6.07, 6.45) is 0. The van der Waals surface area contributed by atoms with E-state index in [1.807, 2.05) is 13.8 Å². The first-order chi connectivity index (χ1) is 8.93. The zero-order chi connectivity index (χ0) is 14.2. The lowest BCUT2D eigenvalue weighted by Crippen LogP contribution is -2.40. The predicted octanol–water partition coefficient (Wildman–Crippen LogP) is 2.04. The van der Waals surface area contributed by atoms with Crippen molar-refractivity contribution in [1.29, 1.82) is 0 Å². The maximum Gasteiger partial charge on any atom is 0.211 e. The number of carbonyl (C=O) groups is 2. The van der Waals surface area contributed by atoms with Gasteiger partial charge in [-0.1, -0.05) is 53.8 Å². The average Bonchev–Trinajstić information content (AvgIpc) is 2.40. The number of carbonyl (C=O) groups excluding carboxylic acids is 2. The van der Waals surface area contributed by atoms with E-state index in [-0.39, 0.29) is 29.0 Å². The fraction of sp³-hybridized carbons (Fsp3) is 0.286. The Balaban J connectivity index is 2.43. The van der Waals surface area contributed by atoms with Crippen molar-refractivity contribution in [3.63, 3.8) is 0 Å². The molecule has 0 amide bonds. The van der Waals surface area contributed by atoms with Crippen molar-refractivity contribution in [2.75, 3.05) is 0 Å². The molecule has 4 nitrogen and oxygen atoms in total. The van der Waals surface area contributed by atoms with Crippen LogP contribution >= 0.6 is 22.6 Å². The molecule has 0 heterocycles. The third kappa shape index (κ3) is 2.51. The molecular weight excluding hydrogens is 355 g/mol. The summed E-state index contributed by atoms with van der Waals surface area (Å²) >= 11 is 2.26. The number of hydrogen-bond donors (Lipinski definition) is 2. The number of alkyl halides is 1. The van der Waals surface area contributed by atoms with Crippen LogP contribution in [0.1, 0.15) is 34.6 Å². The van der Waals surface area contributed by atoms with Crippen molar-refractivity contribution in [1.82, 2.24) is 5.32 Å². The number of fused-ring (bicyclic) bond motifs is 1. The van der Waals surface area contributed by atoms with E-state index in [1.54, 1.807) is 24.3 Å². The van der Waals surface area contributed by atoms with Crippen LogP contribution in [-0.4, -0.2) is 21.5 Å². The van der Waals surface area contributed by atoms with Crippen LogP contribution in [-0.2, 0) is 0 Å². The van der Waals surface area contributed by atoms with Crippen molar-refractivity contribution in [3.05, 3.63) is 46.8 Å². The Labute approximate surface area is 125 Å². The first kappa shape index (κ1) is 14.0. The molecule has 100 valence electrons. The molecule has 0 saturated heterocycles. The first-order valence-corrected chi connectivity index (χ1v) is 7.26. The van der Waals surface area contributed by atoms with Gasteiger partial charge in [-0.3, -0.25) is 9.59 Å². The van der Waals surface area contributed by atoms with E-state index < -0.39 is 0 Å². The van der Waals surface area contributed by atoms with Gasteiger partial charge < -0.3 is 11.1 Å². The van der Waals surface area contributed by atoms with Crippen molar-refractivity contribution in [2.24, 2.45) is 5.73 Å². The summed E-state index contributed by atoms with van der Waals surface area (Å²) in [6, 6.07) is 6.81. The van der Waals surface area contributed by atoms with E-state index in [0.29, 0.717) is 15.1 Å². The smallest absolute Gasteiger partial charge is 0.211 e. The highest BCUT2D eigenvalue weighted by Gasteiger charge is 2.31. The molecule has 1 aliphatic rings. The summed E-state index contributed by atoms with van der Waals surface area (Å²) in [5.74, 6) is -0.498. The molecule has 0 aliphatic heterocycles. The molecule has 0 bridgehead atoms. The number of allylic oxidation sites excluding steroid dienone is 2. The molecule has 2 rings (SSSR count). The lowest BCUT2D eigenvalue weighted by molar-refractivity contribution is 0.0966. The Morgan fingerprint density at radius 2 is 1.63 bits per heavy atom. The summed E-state index contributed by atoms with van der Waals surface area (Å²) in [6.45, 7) is 3.98. The third-order valence-electron chi connectivity index (χ3n) is 3.22. The monoisotopic (exact) mass is 370 g/mol. The fourth-order valence-electron chi connectivity index (χ4n) is 1.88. The van der Waals surface area contributed by atoms with E-state index in [1.165, 1.54) is 0 Å². The van der Waals surface area contributed by atoms with Gasteiger partial charge in [-0.15, -0.1) is 0 Å². The highest BCUT2D eigenvalue weighted by atomic mass is 127. The molecule has 0 spiro atoms. The van der Waals surface area contributed by atoms with Crippen LogP contribution < -0.4 is 11.1 Å². The van der Waals surface area contributed by atoms with E-state index in [0.717, 1.165) is 0 Å². The van der Waals surface area contributed by atoms with Crippen molar-refractivity contribution in [2.45, 2.75) is 23.8 Å². The van der Waals surface area contributed by atoms with E-state index in [9.17, 15) is 9.59 Å². The second-order valence-corrected chi connectivity index (χ2v) is 6.57. The van der Waals surface area contributed by atoms with Crippen molar-refractivity contribution in [3.8, 4) is 0 Å². The Hall–Kier alpha value is -1.37. The second-order valence-electron chi connectivity index (χ2n) is 4.60. The highest BCUT2D eigenvalue weighted by Crippen LogP contribution is 2.23. The minimum atomic E-state index is -0.286. The molecule has 5 heteroatoms. The van der Waals surface area contributed by atoms with Crippen LogP contribution in [0.5, 0.6) is 0 Å². The number of benzene rings is 1. The minimum Gasteiger partial charge on any atom is -0.394 e. The van der Waals surface area contributed by atoms with Crippen molar-refractivity contribution < 1.29 is 9.59 Å². The molecule has 3 N–H and O–H groups in total. The van der Waals surface area contributed by atoms with Gasteiger partial charge in [-0.25, -0.2) is 0 Å². The molecule has 0 radical (unpaired) electrons. The third-order valence-corrected chi connectivity index (χ3v) is 4.30. The molecule has 0 fully saturated rings. The van der Waals surface area contributed by atoms with Crippen LogP contribution in [0.2, 0.25) is 0 Å². The van der Waals surface area contributed by atoms with E-state index in [4.69, 9.17) is 5.73 Å². The normalized spacial score (nSPS) is 18.1. The lowest BCUT2D eigenvalue weighted by atomic mass is 9.90. The molecule has 1 aromatic carbocycles. The standard InChI is InChI=1S/C14H15IN2O2/c1-7(15)8(2)17-12-11(16)13(18)9-5-3-4-6-10(9)14(12)19/h3-8,17H,16H2,1-2H3. The molecule has 0 aromatic heterocycles. The Morgan fingerprint density at radius 1 is 1.11 bits per heavy atom. The van der Waals surface area contributed by atoms with Gasteiger partial charge in [0.05, 0.1) is 0 Å². The molecule has 2 unspecified atom stereocenters. The van der Waals surface area contributed by atoms with Gasteiger partial charge >= 0.3 is 0 Å². The predicted molar refractivity (Wildman–Crippen MR) is 82.4 cm³/mol. The number of halogens is 1. The zero-order valence-corrected chi connectivity index (χ0v) is 12.9. The van der Waals surface area contributed by atoms with Gasteiger partial charge in [0.1, 0.15) is 11.4 Å². The summed E-state index contributed by atoms with van der Waals surface area (Å²) in [7, 11) is 0. The molecule has 1 aliphatic carbocycles. The van der Waals surface area contributed by atoms with Gasteiger partial charge in [0.25, 0.3) is 0 Å². The lowest BCUT2D eigenvalue weighted by Gasteiger charge is -2.24. The average molecular weight is 370 g/mol. The van der Waals surface area contributed by atoms with Gasteiger partial charge in [-0.05, 0) is 6.92 Å². The number of hydrogen-bond acceptors (Lipinski definition) is 4.